The Morgan fingerprint density at radius 1 is 1.31 bits per heavy atom. The van der Waals surface area contributed by atoms with Crippen LogP contribution < -0.4 is 0 Å². The molecule has 4 rings (SSSR count). The summed E-state index contributed by atoms with van der Waals surface area (Å²) in [5.41, 5.74) is 4.05. The Morgan fingerprint density at radius 3 is 2.90 bits per heavy atom. The molecule has 3 atom stereocenters. The van der Waals surface area contributed by atoms with Crippen LogP contribution in [0.25, 0.3) is 10.9 Å². The van der Waals surface area contributed by atoms with Crippen molar-refractivity contribution < 1.29 is 4.79 Å². The third-order valence-corrected chi connectivity index (χ3v) is 6.76. The zero-order chi connectivity index (χ0) is 20.5. The van der Waals surface area contributed by atoms with Gasteiger partial charge in [-0.05, 0) is 57.1 Å². The Morgan fingerprint density at radius 2 is 2.14 bits per heavy atom. The van der Waals surface area contributed by atoms with Gasteiger partial charge in [0.05, 0.1) is 5.92 Å². The number of amides is 1. The Bertz CT molecular complexity index is 886. The van der Waals surface area contributed by atoms with Gasteiger partial charge in [-0.25, -0.2) is 0 Å². The van der Waals surface area contributed by atoms with Crippen molar-refractivity contribution in [2.24, 2.45) is 5.92 Å². The number of hydrogen-bond acceptors (Lipinski definition) is 3. The second kappa shape index (κ2) is 8.33. The van der Waals surface area contributed by atoms with Crippen molar-refractivity contribution in [2.45, 2.75) is 31.2 Å². The molecule has 0 spiro atoms. The van der Waals surface area contributed by atoms with Gasteiger partial charge in [-0.2, -0.15) is 0 Å². The van der Waals surface area contributed by atoms with Gasteiger partial charge in [-0.15, -0.1) is 6.58 Å². The normalized spacial score (nSPS) is 23.9. The quantitative estimate of drug-likeness (QED) is 0.734. The molecule has 0 saturated carbocycles. The molecule has 156 valence electrons. The first kappa shape index (κ1) is 20.2. The molecule has 1 aliphatic heterocycles. The van der Waals surface area contributed by atoms with Gasteiger partial charge in [0.2, 0.25) is 5.91 Å². The number of fused-ring (bicyclic) bond motifs is 2. The van der Waals surface area contributed by atoms with E-state index in [1.807, 2.05) is 18.0 Å². The smallest absolute Gasteiger partial charge is 0.226 e. The van der Waals surface area contributed by atoms with Crippen LogP contribution in [0.15, 0.2) is 37.1 Å². The summed E-state index contributed by atoms with van der Waals surface area (Å²) in [5, 5.41) is 1.39. The van der Waals surface area contributed by atoms with Crippen molar-refractivity contribution in [3.8, 4) is 0 Å². The predicted octanol–water partition coefficient (Wildman–Crippen LogP) is 3.09. The molecule has 1 aromatic carbocycles. The molecular weight excluding hydrogens is 360 g/mol. The van der Waals surface area contributed by atoms with Crippen molar-refractivity contribution in [1.82, 2.24) is 19.7 Å². The van der Waals surface area contributed by atoms with Crippen molar-refractivity contribution in [2.75, 3.05) is 47.3 Å². The van der Waals surface area contributed by atoms with E-state index >= 15 is 0 Å². The summed E-state index contributed by atoms with van der Waals surface area (Å²) < 4.78 is 0. The Kier molecular flexibility index (Phi) is 5.79. The molecule has 1 N–H and O–H groups in total. The molecule has 2 aromatic rings. The van der Waals surface area contributed by atoms with Crippen LogP contribution >= 0.6 is 0 Å². The number of aromatic amines is 1. The topological polar surface area (TPSA) is 42.6 Å². The van der Waals surface area contributed by atoms with E-state index in [4.69, 9.17) is 0 Å². The fourth-order valence-electron chi connectivity index (χ4n) is 5.40. The maximum Gasteiger partial charge on any atom is 0.226 e. The van der Waals surface area contributed by atoms with E-state index in [1.54, 1.807) is 0 Å². The van der Waals surface area contributed by atoms with E-state index in [1.165, 1.54) is 22.0 Å². The summed E-state index contributed by atoms with van der Waals surface area (Å²) in [6.07, 6.45) is 7.16. The largest absolute Gasteiger partial charge is 0.361 e. The number of nitrogens with one attached hydrogen (secondary N) is 1. The van der Waals surface area contributed by atoms with E-state index in [0.29, 0.717) is 17.9 Å². The average molecular weight is 395 g/mol. The molecule has 1 saturated heterocycles. The zero-order valence-corrected chi connectivity index (χ0v) is 18.0. The first-order chi connectivity index (χ1) is 14.0. The maximum atomic E-state index is 13.3. The molecule has 1 fully saturated rings. The second-order valence-electron chi connectivity index (χ2n) is 9.05. The first-order valence-corrected chi connectivity index (χ1v) is 10.8. The van der Waals surface area contributed by atoms with Crippen LogP contribution in [0.3, 0.4) is 0 Å². The minimum atomic E-state index is 0.0521. The van der Waals surface area contributed by atoms with E-state index in [-0.39, 0.29) is 5.92 Å². The van der Waals surface area contributed by atoms with E-state index in [9.17, 15) is 4.79 Å². The lowest BCUT2D eigenvalue weighted by Gasteiger charge is -2.47. The second-order valence-corrected chi connectivity index (χ2v) is 9.05. The molecule has 1 aromatic heterocycles. The molecule has 5 nitrogen and oxygen atoms in total. The fourth-order valence-corrected chi connectivity index (χ4v) is 5.40. The van der Waals surface area contributed by atoms with Gasteiger partial charge >= 0.3 is 0 Å². The van der Waals surface area contributed by atoms with Crippen molar-refractivity contribution in [1.29, 1.82) is 0 Å². The summed E-state index contributed by atoms with van der Waals surface area (Å²) >= 11 is 0. The Hall–Kier alpha value is -2.11. The van der Waals surface area contributed by atoms with Gasteiger partial charge in [-0.1, -0.05) is 18.2 Å². The van der Waals surface area contributed by atoms with E-state index in [2.05, 4.69) is 59.9 Å². The average Bonchev–Trinajstić information content (AvgIpc) is 3.12. The van der Waals surface area contributed by atoms with Crippen LogP contribution in [-0.2, 0) is 11.2 Å². The van der Waals surface area contributed by atoms with Gasteiger partial charge in [0.25, 0.3) is 0 Å². The Balaban J connectivity index is 1.57. The van der Waals surface area contributed by atoms with Crippen molar-refractivity contribution in [3.63, 3.8) is 0 Å². The summed E-state index contributed by atoms with van der Waals surface area (Å²) in [7, 11) is 6.12. The highest BCUT2D eigenvalue weighted by atomic mass is 16.2. The van der Waals surface area contributed by atoms with Crippen LogP contribution in [0.4, 0.5) is 0 Å². The van der Waals surface area contributed by atoms with Gasteiger partial charge in [0.15, 0.2) is 0 Å². The number of carbonyl (C=O) groups is 1. The molecule has 29 heavy (non-hydrogen) atoms. The highest BCUT2D eigenvalue weighted by Gasteiger charge is 2.42. The molecule has 5 heteroatoms. The standard InChI is InChI=1S/C24H34N4O/c1-5-10-28-16-18(24(29)27(4)12-7-11-26(2)3)13-20-19-8-6-9-21-23(19)17(15-25-21)14-22(20)28/h5-6,8-9,15,18,20,22,25H,1,7,10-14,16H2,2-4H3/t18-,20-,22-/m1/s1. The summed E-state index contributed by atoms with van der Waals surface area (Å²) in [5.74, 6) is 0.749. The van der Waals surface area contributed by atoms with E-state index in [0.717, 1.165) is 45.4 Å². The van der Waals surface area contributed by atoms with Gasteiger partial charge in [0, 0.05) is 55.7 Å². The molecule has 1 aliphatic carbocycles. The molecule has 2 aliphatic rings. The number of carbonyl (C=O) groups excluding carboxylic acids is 1. The number of aromatic nitrogens is 1. The lowest BCUT2D eigenvalue weighted by molar-refractivity contribution is -0.137. The lowest BCUT2D eigenvalue weighted by atomic mass is 9.72. The fraction of sp³-hybridized carbons (Fsp3) is 0.542. The van der Waals surface area contributed by atoms with Gasteiger partial charge in [-0.3, -0.25) is 9.69 Å². The third-order valence-electron chi connectivity index (χ3n) is 6.76. The third kappa shape index (κ3) is 3.86. The highest BCUT2D eigenvalue weighted by Crippen LogP contribution is 2.44. The van der Waals surface area contributed by atoms with Crippen LogP contribution in [-0.4, -0.2) is 79.0 Å². The highest BCUT2D eigenvalue weighted by molar-refractivity contribution is 5.88. The molecule has 1 amide bonds. The van der Waals surface area contributed by atoms with Crippen LogP contribution in [0, 0.1) is 5.92 Å². The molecule has 0 unspecified atom stereocenters. The molecule has 2 heterocycles. The molecular formula is C24H34N4O. The monoisotopic (exact) mass is 394 g/mol. The number of nitrogens with zero attached hydrogens (tertiary/aromatic N) is 3. The lowest BCUT2D eigenvalue weighted by Crippen LogP contribution is -2.53. The van der Waals surface area contributed by atoms with E-state index < -0.39 is 0 Å². The van der Waals surface area contributed by atoms with Crippen molar-refractivity contribution in [3.05, 3.63) is 48.2 Å². The van der Waals surface area contributed by atoms with Gasteiger partial charge in [0.1, 0.15) is 0 Å². The van der Waals surface area contributed by atoms with Crippen LogP contribution in [0.2, 0.25) is 0 Å². The summed E-state index contributed by atoms with van der Waals surface area (Å²) in [6.45, 7) is 7.48. The maximum absolute atomic E-state index is 13.3. The van der Waals surface area contributed by atoms with Crippen LogP contribution in [0.1, 0.15) is 29.9 Å². The number of H-pyrrole nitrogens is 1. The van der Waals surface area contributed by atoms with Crippen LogP contribution in [0.5, 0.6) is 0 Å². The minimum Gasteiger partial charge on any atom is -0.361 e. The van der Waals surface area contributed by atoms with Gasteiger partial charge < -0.3 is 14.8 Å². The number of likely N-dealkylation sites (tertiary alicyclic amines) is 1. The summed E-state index contributed by atoms with van der Waals surface area (Å²) in [6, 6.07) is 7.03. The number of benzene rings is 1. The number of rotatable bonds is 7. The first-order valence-electron chi connectivity index (χ1n) is 10.8. The molecule has 0 bridgehead atoms. The predicted molar refractivity (Wildman–Crippen MR) is 119 cm³/mol. The SMILES string of the molecule is C=CCN1C[C@H](C(=O)N(C)CCCN(C)C)C[C@@H]2c3cccc4[nH]cc(c34)C[C@H]21. The number of piperidine rings is 1. The Labute approximate surface area is 174 Å². The zero-order valence-electron chi connectivity index (χ0n) is 18.0. The minimum absolute atomic E-state index is 0.0521. The number of hydrogen-bond donors (Lipinski definition) is 1. The molecule has 0 radical (unpaired) electrons. The van der Waals surface area contributed by atoms with Crippen molar-refractivity contribution >= 4 is 16.8 Å². The summed E-state index contributed by atoms with van der Waals surface area (Å²) in [4.78, 5) is 23.3.